The van der Waals surface area contributed by atoms with Crippen LogP contribution in [0, 0.1) is 17.8 Å². The second-order valence-electron chi connectivity index (χ2n) is 8.39. The van der Waals surface area contributed by atoms with Crippen LogP contribution in [0.3, 0.4) is 0 Å². The zero-order chi connectivity index (χ0) is 21.5. The lowest BCUT2D eigenvalue weighted by Crippen LogP contribution is -2.25. The monoisotopic (exact) mass is 422 g/mol. The van der Waals surface area contributed by atoms with Gasteiger partial charge in [-0.3, -0.25) is 0 Å². The van der Waals surface area contributed by atoms with Crippen molar-refractivity contribution in [2.45, 2.75) is 20.0 Å². The maximum Gasteiger partial charge on any atom is 0.324 e. The molecule has 2 aliphatic rings. The Morgan fingerprint density at radius 3 is 2.55 bits per heavy atom. The van der Waals surface area contributed by atoms with Gasteiger partial charge in [-0.15, -0.1) is 0 Å². The van der Waals surface area contributed by atoms with Crippen molar-refractivity contribution < 1.29 is 9.26 Å². The Labute approximate surface area is 180 Å². The summed E-state index contributed by atoms with van der Waals surface area (Å²) >= 11 is 0. The van der Waals surface area contributed by atoms with Crippen LogP contribution in [0.15, 0.2) is 34.9 Å². The summed E-state index contributed by atoms with van der Waals surface area (Å²) < 4.78 is 11.3. The Bertz CT molecular complexity index is 1040. The van der Waals surface area contributed by atoms with Crippen LogP contribution in [-0.4, -0.2) is 57.9 Å². The van der Waals surface area contributed by atoms with Crippen LogP contribution >= 0.6 is 0 Å². The summed E-state index contributed by atoms with van der Waals surface area (Å²) in [5.74, 6) is 3.00. The van der Waals surface area contributed by atoms with Crippen molar-refractivity contribution in [2.75, 3.05) is 42.3 Å². The molecule has 10 nitrogen and oxygen atoms in total. The van der Waals surface area contributed by atoms with Crippen LogP contribution in [0.25, 0.3) is 11.6 Å². The maximum absolute atomic E-state index is 5.93. The van der Waals surface area contributed by atoms with Gasteiger partial charge < -0.3 is 24.8 Å². The molecule has 1 aliphatic heterocycles. The van der Waals surface area contributed by atoms with E-state index >= 15 is 0 Å². The van der Waals surface area contributed by atoms with Crippen LogP contribution in [0.2, 0.25) is 0 Å². The number of hydrogen-bond donors (Lipinski definition) is 1. The predicted octanol–water partition coefficient (Wildman–Crippen LogP) is 2.38. The largest absolute Gasteiger partial charge is 0.378 e. The molecule has 1 saturated heterocycles. The van der Waals surface area contributed by atoms with Gasteiger partial charge in [0.1, 0.15) is 0 Å². The molecule has 31 heavy (non-hydrogen) atoms. The van der Waals surface area contributed by atoms with Gasteiger partial charge >= 0.3 is 6.01 Å². The van der Waals surface area contributed by atoms with Crippen molar-refractivity contribution in [3.63, 3.8) is 0 Å². The van der Waals surface area contributed by atoms with Gasteiger partial charge in [0, 0.05) is 25.8 Å². The van der Waals surface area contributed by atoms with Gasteiger partial charge in [0.2, 0.25) is 23.5 Å². The highest BCUT2D eigenvalue weighted by molar-refractivity contribution is 5.59. The van der Waals surface area contributed by atoms with Crippen LogP contribution in [0.4, 0.5) is 23.6 Å². The smallest absolute Gasteiger partial charge is 0.324 e. The van der Waals surface area contributed by atoms with E-state index in [1.807, 2.05) is 42.3 Å². The molecule has 0 amide bonds. The van der Waals surface area contributed by atoms with E-state index in [9.17, 15) is 0 Å². The standard InChI is InChI=1S/C21H26N8O2/c1-12(2)30-11-16-14-9-29(10-15(14)16)21-25-18(27-31-21)17-23-19(22)26-20(24-17)28(3)13-7-5-4-6-8-13/h4-8,12,14-16H,9-11H2,1-3H3,(H2,22,23,24,26). The first-order chi connectivity index (χ1) is 15.0. The number of nitrogens with zero attached hydrogens (tertiary/aromatic N) is 7. The van der Waals surface area contributed by atoms with Gasteiger partial charge in [0.15, 0.2) is 0 Å². The zero-order valence-electron chi connectivity index (χ0n) is 17.8. The van der Waals surface area contributed by atoms with Crippen LogP contribution in [0.1, 0.15) is 13.8 Å². The number of fused-ring (bicyclic) bond motifs is 1. The fraction of sp³-hybridized carbons (Fsp3) is 0.476. The molecule has 2 aromatic heterocycles. The predicted molar refractivity (Wildman–Crippen MR) is 116 cm³/mol. The Kier molecular flexibility index (Phi) is 4.93. The number of ether oxygens (including phenoxy) is 1. The Morgan fingerprint density at radius 2 is 1.84 bits per heavy atom. The van der Waals surface area contributed by atoms with Crippen molar-refractivity contribution in [1.29, 1.82) is 0 Å². The van der Waals surface area contributed by atoms with E-state index in [-0.39, 0.29) is 17.9 Å². The van der Waals surface area contributed by atoms with Crippen molar-refractivity contribution in [3.05, 3.63) is 30.3 Å². The Balaban J connectivity index is 1.29. The normalized spacial score (nSPS) is 22.1. The molecular weight excluding hydrogens is 396 g/mol. The Morgan fingerprint density at radius 1 is 1.10 bits per heavy atom. The lowest BCUT2D eigenvalue weighted by atomic mass is 10.3. The molecule has 2 fully saturated rings. The molecule has 2 unspecified atom stereocenters. The molecule has 1 aromatic carbocycles. The first-order valence-corrected chi connectivity index (χ1v) is 10.5. The summed E-state index contributed by atoms with van der Waals surface area (Å²) in [6.07, 6.45) is 0.273. The van der Waals surface area contributed by atoms with Crippen molar-refractivity contribution in [2.24, 2.45) is 17.8 Å². The average Bonchev–Trinajstić information content (AvgIpc) is 3.15. The molecular formula is C21H26N8O2. The minimum absolute atomic E-state index is 0.101. The number of aromatic nitrogens is 5. The zero-order valence-corrected chi connectivity index (χ0v) is 17.8. The average molecular weight is 422 g/mol. The molecule has 1 aliphatic carbocycles. The van der Waals surface area contributed by atoms with E-state index in [2.05, 4.69) is 43.8 Å². The summed E-state index contributed by atoms with van der Waals surface area (Å²) in [4.78, 5) is 21.4. The van der Waals surface area contributed by atoms with Gasteiger partial charge in [-0.25, -0.2) is 0 Å². The minimum atomic E-state index is 0.101. The third-order valence-electron chi connectivity index (χ3n) is 5.96. The number of anilines is 4. The summed E-state index contributed by atoms with van der Waals surface area (Å²) in [5.41, 5.74) is 6.86. The van der Waals surface area contributed by atoms with Crippen LogP contribution < -0.4 is 15.5 Å². The molecule has 162 valence electrons. The first kappa shape index (κ1) is 19.7. The number of rotatable bonds is 7. The third kappa shape index (κ3) is 3.90. The fourth-order valence-electron chi connectivity index (χ4n) is 4.19. The molecule has 3 heterocycles. The van der Waals surface area contributed by atoms with E-state index in [1.165, 1.54) is 0 Å². The van der Waals surface area contributed by atoms with Crippen molar-refractivity contribution in [3.8, 4) is 11.6 Å². The van der Waals surface area contributed by atoms with E-state index in [0.717, 1.165) is 25.4 Å². The number of para-hydroxylation sites is 1. The summed E-state index contributed by atoms with van der Waals surface area (Å²) in [7, 11) is 1.87. The number of benzene rings is 1. The van der Waals surface area contributed by atoms with Gasteiger partial charge in [-0.2, -0.15) is 19.9 Å². The summed E-state index contributed by atoms with van der Waals surface area (Å²) in [5, 5.41) is 4.08. The molecule has 3 aromatic rings. The molecule has 0 radical (unpaired) electrons. The van der Waals surface area contributed by atoms with E-state index < -0.39 is 0 Å². The molecule has 5 rings (SSSR count). The van der Waals surface area contributed by atoms with Gasteiger partial charge in [0.05, 0.1) is 12.7 Å². The minimum Gasteiger partial charge on any atom is -0.378 e. The second kappa shape index (κ2) is 7.77. The summed E-state index contributed by atoms with van der Waals surface area (Å²) in [6.45, 7) is 6.78. The van der Waals surface area contributed by atoms with Gasteiger partial charge in [-0.05, 0) is 43.7 Å². The van der Waals surface area contributed by atoms with E-state index in [4.69, 9.17) is 15.0 Å². The lowest BCUT2D eigenvalue weighted by molar-refractivity contribution is 0.0652. The maximum atomic E-state index is 5.93. The van der Waals surface area contributed by atoms with Crippen LogP contribution in [0.5, 0.6) is 0 Å². The van der Waals surface area contributed by atoms with Crippen LogP contribution in [-0.2, 0) is 4.74 Å². The highest BCUT2D eigenvalue weighted by atomic mass is 16.5. The lowest BCUT2D eigenvalue weighted by Gasteiger charge is -2.17. The first-order valence-electron chi connectivity index (χ1n) is 10.5. The van der Waals surface area contributed by atoms with Crippen molar-refractivity contribution in [1.82, 2.24) is 25.1 Å². The third-order valence-corrected chi connectivity index (χ3v) is 5.96. The van der Waals surface area contributed by atoms with E-state index in [1.54, 1.807) is 0 Å². The molecule has 0 spiro atoms. The summed E-state index contributed by atoms with van der Waals surface area (Å²) in [6, 6.07) is 10.3. The second-order valence-corrected chi connectivity index (χ2v) is 8.39. The topological polar surface area (TPSA) is 119 Å². The quantitative estimate of drug-likeness (QED) is 0.607. The van der Waals surface area contributed by atoms with Gasteiger partial charge in [-0.1, -0.05) is 23.4 Å². The highest BCUT2D eigenvalue weighted by Gasteiger charge is 2.56. The van der Waals surface area contributed by atoms with E-state index in [0.29, 0.717) is 35.5 Å². The number of piperidine rings is 1. The van der Waals surface area contributed by atoms with Gasteiger partial charge in [0.25, 0.3) is 0 Å². The molecule has 1 saturated carbocycles. The van der Waals surface area contributed by atoms with Crippen molar-refractivity contribution >= 4 is 23.6 Å². The Hall–Kier alpha value is -3.27. The number of nitrogens with two attached hydrogens (primary N) is 1. The fourth-order valence-corrected chi connectivity index (χ4v) is 4.19. The SMILES string of the molecule is CC(C)OCC1C2CN(c3nc(-c4nc(N)nc(N(C)c5ccccc5)n4)no3)CC12. The molecule has 0 bridgehead atoms. The number of nitrogen functional groups attached to an aromatic ring is 1. The molecule has 2 N–H and O–H groups in total. The molecule has 10 heteroatoms. The number of hydrogen-bond acceptors (Lipinski definition) is 10. The molecule has 2 atom stereocenters. The highest BCUT2D eigenvalue weighted by Crippen LogP contribution is 2.52.